The number of nitrogens with zero attached hydrogens (tertiary/aromatic N) is 4. The van der Waals surface area contributed by atoms with E-state index in [1.54, 1.807) is 12.1 Å². The number of hydrogen-bond acceptors (Lipinski definition) is 4. The third-order valence-corrected chi connectivity index (χ3v) is 4.07. The number of benzene rings is 2. The van der Waals surface area contributed by atoms with Gasteiger partial charge >= 0.3 is 6.61 Å². The summed E-state index contributed by atoms with van der Waals surface area (Å²) in [6, 6.07) is 14.5. The zero-order chi connectivity index (χ0) is 20.4. The van der Waals surface area contributed by atoms with Gasteiger partial charge in [-0.1, -0.05) is 6.07 Å². The van der Waals surface area contributed by atoms with Gasteiger partial charge in [-0.15, -0.1) is 0 Å². The SMILES string of the molecule is O=c1ccn(-c2ccc(OC(F)F)cc2)nc1-c1ccnn1-c1cccc(F)c1. The molecule has 0 saturated carbocycles. The van der Waals surface area contributed by atoms with Gasteiger partial charge in [-0.3, -0.25) is 4.79 Å². The fourth-order valence-corrected chi connectivity index (χ4v) is 2.81. The van der Waals surface area contributed by atoms with E-state index in [4.69, 9.17) is 0 Å². The minimum atomic E-state index is -2.92. The van der Waals surface area contributed by atoms with E-state index in [1.165, 1.54) is 70.3 Å². The predicted molar refractivity (Wildman–Crippen MR) is 99.0 cm³/mol. The molecule has 0 unspecified atom stereocenters. The first-order chi connectivity index (χ1) is 14.0. The summed E-state index contributed by atoms with van der Waals surface area (Å²) < 4.78 is 45.3. The van der Waals surface area contributed by atoms with Crippen LogP contribution in [0.2, 0.25) is 0 Å². The summed E-state index contributed by atoms with van der Waals surface area (Å²) in [5.41, 5.74) is 1.10. The lowest BCUT2D eigenvalue weighted by Crippen LogP contribution is -2.14. The van der Waals surface area contributed by atoms with E-state index in [-0.39, 0.29) is 16.9 Å². The highest BCUT2D eigenvalue weighted by Crippen LogP contribution is 2.20. The smallest absolute Gasteiger partial charge is 0.387 e. The van der Waals surface area contributed by atoms with E-state index in [2.05, 4.69) is 14.9 Å². The maximum Gasteiger partial charge on any atom is 0.387 e. The van der Waals surface area contributed by atoms with Crippen molar-refractivity contribution in [2.75, 3.05) is 0 Å². The van der Waals surface area contributed by atoms with Gasteiger partial charge in [0, 0.05) is 12.3 Å². The molecule has 2 heterocycles. The summed E-state index contributed by atoms with van der Waals surface area (Å²) in [6.45, 7) is -2.92. The molecule has 0 atom stereocenters. The fraction of sp³-hybridized carbons (Fsp3) is 0.0500. The van der Waals surface area contributed by atoms with Crippen molar-refractivity contribution in [1.82, 2.24) is 19.6 Å². The summed E-state index contributed by atoms with van der Waals surface area (Å²) >= 11 is 0. The lowest BCUT2D eigenvalue weighted by molar-refractivity contribution is -0.0498. The predicted octanol–water partition coefficient (Wildman–Crippen LogP) is 3.83. The highest BCUT2D eigenvalue weighted by atomic mass is 19.3. The molecule has 0 aliphatic heterocycles. The number of halogens is 3. The summed E-state index contributed by atoms with van der Waals surface area (Å²) in [5, 5.41) is 8.51. The average Bonchev–Trinajstić information content (AvgIpc) is 3.18. The quantitative estimate of drug-likeness (QED) is 0.513. The molecule has 4 rings (SSSR count). The molecule has 9 heteroatoms. The molecule has 0 spiro atoms. The molecule has 0 aliphatic rings. The Bertz CT molecular complexity index is 1200. The number of ether oxygens (including phenoxy) is 1. The van der Waals surface area contributed by atoms with Crippen LogP contribution in [0.1, 0.15) is 0 Å². The highest BCUT2D eigenvalue weighted by Gasteiger charge is 2.14. The summed E-state index contributed by atoms with van der Waals surface area (Å²) in [5.74, 6) is -0.428. The molecule has 0 N–H and O–H groups in total. The van der Waals surface area contributed by atoms with Crippen LogP contribution in [0.5, 0.6) is 5.75 Å². The third kappa shape index (κ3) is 3.88. The molecule has 0 radical (unpaired) electrons. The van der Waals surface area contributed by atoms with Gasteiger partial charge in [-0.05, 0) is 48.5 Å². The minimum Gasteiger partial charge on any atom is -0.435 e. The molecule has 0 aliphatic carbocycles. The zero-order valence-electron chi connectivity index (χ0n) is 14.7. The third-order valence-electron chi connectivity index (χ3n) is 4.07. The monoisotopic (exact) mass is 398 g/mol. The normalized spacial score (nSPS) is 11.0. The second-order valence-electron chi connectivity index (χ2n) is 5.95. The number of alkyl halides is 2. The van der Waals surface area contributed by atoms with E-state index in [1.807, 2.05) is 0 Å². The van der Waals surface area contributed by atoms with Gasteiger partial charge in [-0.25, -0.2) is 13.8 Å². The summed E-state index contributed by atoms with van der Waals surface area (Å²) in [4.78, 5) is 12.4. The molecular weight excluding hydrogens is 385 g/mol. The van der Waals surface area contributed by atoms with E-state index in [9.17, 15) is 18.0 Å². The zero-order valence-corrected chi connectivity index (χ0v) is 14.7. The standard InChI is InChI=1S/C20H13F3N4O2/c21-13-2-1-3-15(12-13)27-17(8-10-24-27)19-18(28)9-11-26(25-19)14-4-6-16(7-5-14)29-20(22)23/h1-12,20H. The first kappa shape index (κ1) is 18.5. The number of aromatic nitrogens is 4. The molecule has 6 nitrogen and oxygen atoms in total. The molecule has 0 bridgehead atoms. The first-order valence-corrected chi connectivity index (χ1v) is 8.47. The van der Waals surface area contributed by atoms with Crippen molar-refractivity contribution < 1.29 is 17.9 Å². The van der Waals surface area contributed by atoms with Crippen LogP contribution in [0, 0.1) is 5.82 Å². The van der Waals surface area contributed by atoms with Gasteiger partial charge in [0.15, 0.2) is 5.69 Å². The van der Waals surface area contributed by atoms with Crippen LogP contribution in [-0.2, 0) is 0 Å². The van der Waals surface area contributed by atoms with Gasteiger partial charge < -0.3 is 4.74 Å². The Morgan fingerprint density at radius 2 is 1.76 bits per heavy atom. The Kier molecular flexibility index (Phi) is 4.86. The Hall–Kier alpha value is -3.88. The van der Waals surface area contributed by atoms with Gasteiger partial charge in [0.2, 0.25) is 5.43 Å². The van der Waals surface area contributed by atoms with Crippen LogP contribution >= 0.6 is 0 Å². The second kappa shape index (κ2) is 7.63. The summed E-state index contributed by atoms with van der Waals surface area (Å²) in [7, 11) is 0. The Morgan fingerprint density at radius 1 is 0.966 bits per heavy atom. The van der Waals surface area contributed by atoms with Crippen LogP contribution in [0.15, 0.2) is 77.9 Å². The molecule has 2 aromatic carbocycles. The van der Waals surface area contributed by atoms with Crippen LogP contribution in [-0.4, -0.2) is 26.2 Å². The van der Waals surface area contributed by atoms with E-state index in [0.717, 1.165) is 0 Å². The molecule has 29 heavy (non-hydrogen) atoms. The van der Waals surface area contributed by atoms with Crippen LogP contribution in [0.3, 0.4) is 0 Å². The van der Waals surface area contributed by atoms with E-state index >= 15 is 0 Å². The van der Waals surface area contributed by atoms with Gasteiger partial charge in [0.25, 0.3) is 0 Å². The van der Waals surface area contributed by atoms with Gasteiger partial charge in [0.05, 0.1) is 23.3 Å². The minimum absolute atomic E-state index is 0.00852. The summed E-state index contributed by atoms with van der Waals surface area (Å²) in [6.07, 6.45) is 2.94. The largest absolute Gasteiger partial charge is 0.435 e. The van der Waals surface area contributed by atoms with E-state index in [0.29, 0.717) is 17.1 Å². The average molecular weight is 398 g/mol. The van der Waals surface area contributed by atoms with Crippen LogP contribution in [0.25, 0.3) is 22.8 Å². The first-order valence-electron chi connectivity index (χ1n) is 8.47. The molecule has 4 aromatic rings. The molecule has 0 fully saturated rings. The topological polar surface area (TPSA) is 61.9 Å². The second-order valence-corrected chi connectivity index (χ2v) is 5.95. The van der Waals surface area contributed by atoms with Gasteiger partial charge in [-0.2, -0.15) is 19.0 Å². The Morgan fingerprint density at radius 3 is 2.48 bits per heavy atom. The molecule has 2 aromatic heterocycles. The van der Waals surface area contributed by atoms with Crippen molar-refractivity contribution in [3.63, 3.8) is 0 Å². The van der Waals surface area contributed by atoms with Crippen molar-refractivity contribution in [1.29, 1.82) is 0 Å². The van der Waals surface area contributed by atoms with Crippen molar-refractivity contribution in [2.24, 2.45) is 0 Å². The Balaban J connectivity index is 1.74. The van der Waals surface area contributed by atoms with Crippen molar-refractivity contribution in [2.45, 2.75) is 6.61 Å². The van der Waals surface area contributed by atoms with E-state index < -0.39 is 12.4 Å². The van der Waals surface area contributed by atoms with Crippen molar-refractivity contribution in [3.8, 4) is 28.5 Å². The number of hydrogen-bond donors (Lipinski definition) is 0. The van der Waals surface area contributed by atoms with Crippen molar-refractivity contribution in [3.05, 3.63) is 89.1 Å². The Labute approximate surface area is 162 Å². The lowest BCUT2D eigenvalue weighted by atomic mass is 10.2. The van der Waals surface area contributed by atoms with Gasteiger partial charge in [0.1, 0.15) is 11.6 Å². The highest BCUT2D eigenvalue weighted by molar-refractivity contribution is 5.57. The maximum atomic E-state index is 13.6. The lowest BCUT2D eigenvalue weighted by Gasteiger charge is -2.10. The number of rotatable bonds is 5. The fourth-order valence-electron chi connectivity index (χ4n) is 2.81. The molecule has 146 valence electrons. The van der Waals surface area contributed by atoms with Crippen LogP contribution in [0.4, 0.5) is 13.2 Å². The van der Waals surface area contributed by atoms with Crippen LogP contribution < -0.4 is 10.2 Å². The molecule has 0 amide bonds. The molecular formula is C20H13F3N4O2. The maximum absolute atomic E-state index is 13.6. The van der Waals surface area contributed by atoms with Crippen molar-refractivity contribution >= 4 is 0 Å². The molecule has 0 saturated heterocycles.